The molecular formula is C27H30N6O4. The minimum atomic E-state index is -0.391. The minimum Gasteiger partial charge on any atom is -0.492 e. The standard InChI is InChI=1S/C27H30N6O4/c34-26-22-20(4-3-5-21(22)28-27(35)31-33-13-15-36-16-14-33)25-23(26)24(29-30-25)18-6-8-19(9-7-18)37-17-12-32-10-1-2-11-32/h3-9H,1-2,10-17H2,(H,29,30)(H2,28,31,35). The Bertz CT molecular complexity index is 1290. The molecule has 2 aliphatic heterocycles. The number of likely N-dealkylation sites (tertiary alicyclic amines) is 1. The maximum Gasteiger partial charge on any atom is 0.333 e. The molecule has 2 saturated heterocycles. The maximum atomic E-state index is 13.6. The molecule has 192 valence electrons. The number of ketones is 1. The quantitative estimate of drug-likeness (QED) is 0.356. The molecule has 37 heavy (non-hydrogen) atoms. The molecule has 10 nitrogen and oxygen atoms in total. The Hall–Kier alpha value is -3.73. The van der Waals surface area contributed by atoms with E-state index in [4.69, 9.17) is 9.47 Å². The van der Waals surface area contributed by atoms with Gasteiger partial charge in [0, 0.05) is 30.8 Å². The summed E-state index contributed by atoms with van der Waals surface area (Å²) < 4.78 is 11.2. The Morgan fingerprint density at radius 3 is 2.59 bits per heavy atom. The molecule has 2 aromatic carbocycles. The molecule has 1 aromatic heterocycles. The predicted octanol–water partition coefficient (Wildman–Crippen LogP) is 3.13. The summed E-state index contributed by atoms with van der Waals surface area (Å²) in [5.41, 5.74) is 7.06. The molecule has 0 bridgehead atoms. The third kappa shape index (κ3) is 4.83. The zero-order chi connectivity index (χ0) is 25.2. The van der Waals surface area contributed by atoms with E-state index in [1.807, 2.05) is 36.4 Å². The molecule has 1 aliphatic carbocycles. The van der Waals surface area contributed by atoms with Gasteiger partial charge in [-0.25, -0.2) is 9.80 Å². The van der Waals surface area contributed by atoms with Crippen LogP contribution in [0.3, 0.4) is 0 Å². The summed E-state index contributed by atoms with van der Waals surface area (Å²) in [5, 5.41) is 12.1. The molecule has 0 radical (unpaired) electrons. The molecule has 3 N–H and O–H groups in total. The van der Waals surface area contributed by atoms with E-state index in [9.17, 15) is 9.59 Å². The van der Waals surface area contributed by atoms with Crippen LogP contribution in [0.1, 0.15) is 28.8 Å². The predicted molar refractivity (Wildman–Crippen MR) is 139 cm³/mol. The van der Waals surface area contributed by atoms with Crippen molar-refractivity contribution < 1.29 is 19.1 Å². The first-order chi connectivity index (χ1) is 18.2. The van der Waals surface area contributed by atoms with E-state index < -0.39 is 6.03 Å². The van der Waals surface area contributed by atoms with Gasteiger partial charge in [0.05, 0.1) is 35.7 Å². The zero-order valence-electron chi connectivity index (χ0n) is 20.6. The Morgan fingerprint density at radius 2 is 1.81 bits per heavy atom. The number of fused-ring (bicyclic) bond motifs is 3. The molecule has 2 amide bonds. The lowest BCUT2D eigenvalue weighted by atomic mass is 10.0. The van der Waals surface area contributed by atoms with Crippen molar-refractivity contribution in [2.24, 2.45) is 0 Å². The molecule has 0 spiro atoms. The highest BCUT2D eigenvalue weighted by Crippen LogP contribution is 2.43. The summed E-state index contributed by atoms with van der Waals surface area (Å²) in [6.45, 7) is 6.24. The maximum absolute atomic E-state index is 13.6. The van der Waals surface area contributed by atoms with Gasteiger partial charge < -0.3 is 14.8 Å². The van der Waals surface area contributed by atoms with E-state index in [1.54, 1.807) is 11.1 Å². The number of carbonyl (C=O) groups is 2. The lowest BCUT2D eigenvalue weighted by molar-refractivity contribution is 0.0207. The van der Waals surface area contributed by atoms with Gasteiger partial charge in [-0.05, 0) is 56.3 Å². The van der Waals surface area contributed by atoms with Crippen LogP contribution in [0.25, 0.3) is 22.5 Å². The molecule has 3 aliphatic rings. The number of rotatable bonds is 7. The van der Waals surface area contributed by atoms with E-state index in [0.29, 0.717) is 61.1 Å². The molecular weight excluding hydrogens is 472 g/mol. The van der Waals surface area contributed by atoms with Crippen molar-refractivity contribution in [2.75, 3.05) is 57.9 Å². The third-order valence-corrected chi connectivity index (χ3v) is 7.08. The van der Waals surface area contributed by atoms with Gasteiger partial charge in [-0.15, -0.1) is 0 Å². The van der Waals surface area contributed by atoms with Crippen molar-refractivity contribution in [1.82, 2.24) is 25.5 Å². The van der Waals surface area contributed by atoms with Crippen molar-refractivity contribution in [3.8, 4) is 28.3 Å². The topological polar surface area (TPSA) is 112 Å². The van der Waals surface area contributed by atoms with Gasteiger partial charge in [0.2, 0.25) is 0 Å². The number of hydrazine groups is 1. The van der Waals surface area contributed by atoms with Crippen LogP contribution < -0.4 is 15.5 Å². The summed E-state index contributed by atoms with van der Waals surface area (Å²) in [7, 11) is 0. The SMILES string of the molecule is O=C(Nc1cccc2c1C(=O)c1c(-c3ccc(OCCN4CCCC4)cc3)n[nH]c1-2)NN1CCOCC1. The third-order valence-electron chi connectivity index (χ3n) is 7.08. The lowest BCUT2D eigenvalue weighted by Gasteiger charge is -2.27. The first-order valence-electron chi connectivity index (χ1n) is 12.8. The Morgan fingerprint density at radius 1 is 1.03 bits per heavy atom. The number of amides is 2. The highest BCUT2D eigenvalue weighted by molar-refractivity contribution is 6.26. The number of nitrogens with zero attached hydrogens (tertiary/aromatic N) is 3. The van der Waals surface area contributed by atoms with E-state index in [0.717, 1.165) is 36.5 Å². The largest absolute Gasteiger partial charge is 0.492 e. The number of urea groups is 1. The number of hydrogen-bond acceptors (Lipinski definition) is 7. The number of benzene rings is 2. The molecule has 0 atom stereocenters. The smallest absolute Gasteiger partial charge is 0.333 e. The van der Waals surface area contributed by atoms with Gasteiger partial charge in [0.1, 0.15) is 18.1 Å². The van der Waals surface area contributed by atoms with Crippen LogP contribution in [0, 0.1) is 0 Å². The fourth-order valence-electron chi connectivity index (χ4n) is 5.18. The van der Waals surface area contributed by atoms with E-state index in [2.05, 4.69) is 25.8 Å². The average Bonchev–Trinajstić information content (AvgIpc) is 3.65. The molecule has 3 aromatic rings. The molecule has 10 heteroatoms. The van der Waals surface area contributed by atoms with E-state index in [-0.39, 0.29) is 5.78 Å². The van der Waals surface area contributed by atoms with E-state index >= 15 is 0 Å². The lowest BCUT2D eigenvalue weighted by Crippen LogP contribution is -2.49. The Labute approximate surface area is 214 Å². The van der Waals surface area contributed by atoms with E-state index in [1.165, 1.54) is 12.8 Å². The van der Waals surface area contributed by atoms with Gasteiger partial charge in [0.15, 0.2) is 5.78 Å². The van der Waals surface area contributed by atoms with Crippen molar-refractivity contribution in [3.63, 3.8) is 0 Å². The van der Waals surface area contributed by atoms with Gasteiger partial charge in [0.25, 0.3) is 0 Å². The summed E-state index contributed by atoms with van der Waals surface area (Å²) in [4.78, 5) is 28.6. The van der Waals surface area contributed by atoms with Crippen molar-refractivity contribution in [3.05, 3.63) is 53.6 Å². The number of carbonyl (C=O) groups excluding carboxylic acids is 2. The van der Waals surface area contributed by atoms with Crippen LogP contribution in [0.4, 0.5) is 10.5 Å². The highest BCUT2D eigenvalue weighted by atomic mass is 16.5. The van der Waals surface area contributed by atoms with Gasteiger partial charge in [-0.3, -0.25) is 20.2 Å². The number of morpholine rings is 1. The first kappa shape index (κ1) is 23.7. The Balaban J connectivity index is 1.16. The summed E-state index contributed by atoms with van der Waals surface area (Å²) in [6.07, 6.45) is 2.54. The average molecular weight is 503 g/mol. The number of hydrogen-bond donors (Lipinski definition) is 3. The second-order valence-electron chi connectivity index (χ2n) is 9.47. The monoisotopic (exact) mass is 502 g/mol. The van der Waals surface area contributed by atoms with Crippen LogP contribution >= 0.6 is 0 Å². The summed E-state index contributed by atoms with van der Waals surface area (Å²) >= 11 is 0. The molecule has 6 rings (SSSR count). The molecule has 0 unspecified atom stereocenters. The summed E-state index contributed by atoms with van der Waals surface area (Å²) in [6, 6.07) is 12.7. The number of ether oxygens (including phenoxy) is 2. The second kappa shape index (κ2) is 10.3. The van der Waals surface area contributed by atoms with Crippen molar-refractivity contribution in [1.29, 1.82) is 0 Å². The highest BCUT2D eigenvalue weighted by Gasteiger charge is 2.35. The molecule has 0 saturated carbocycles. The number of H-pyrrole nitrogens is 1. The van der Waals surface area contributed by atoms with Crippen molar-refractivity contribution >= 4 is 17.5 Å². The van der Waals surface area contributed by atoms with Crippen LogP contribution in [0.2, 0.25) is 0 Å². The minimum absolute atomic E-state index is 0.165. The van der Waals surface area contributed by atoms with Crippen LogP contribution in [-0.2, 0) is 4.74 Å². The normalized spacial score (nSPS) is 17.5. The number of aromatic amines is 1. The van der Waals surface area contributed by atoms with Gasteiger partial charge in [-0.2, -0.15) is 5.10 Å². The fourth-order valence-corrected chi connectivity index (χ4v) is 5.18. The zero-order valence-corrected chi connectivity index (χ0v) is 20.6. The molecule has 3 heterocycles. The number of anilines is 1. The molecule has 2 fully saturated rings. The van der Waals surface area contributed by atoms with Gasteiger partial charge in [-0.1, -0.05) is 12.1 Å². The fraction of sp³-hybridized carbons (Fsp3) is 0.370. The van der Waals surface area contributed by atoms with Crippen LogP contribution in [0.15, 0.2) is 42.5 Å². The summed E-state index contributed by atoms with van der Waals surface area (Å²) in [5.74, 6) is 0.629. The van der Waals surface area contributed by atoms with Crippen LogP contribution in [-0.4, -0.2) is 84.5 Å². The first-order valence-corrected chi connectivity index (χ1v) is 12.8. The second-order valence-corrected chi connectivity index (χ2v) is 9.47. The van der Waals surface area contributed by atoms with Crippen molar-refractivity contribution in [2.45, 2.75) is 12.8 Å². The number of nitrogens with one attached hydrogen (secondary N) is 3. The Kier molecular flexibility index (Phi) is 6.60. The van der Waals surface area contributed by atoms with Gasteiger partial charge >= 0.3 is 6.03 Å². The van der Waals surface area contributed by atoms with Crippen LogP contribution in [0.5, 0.6) is 5.75 Å². The number of aromatic nitrogens is 2.